The van der Waals surface area contributed by atoms with E-state index in [1.54, 1.807) is 11.9 Å². The van der Waals surface area contributed by atoms with Crippen LogP contribution in [0.25, 0.3) is 0 Å². The first-order valence-electron chi connectivity index (χ1n) is 3.58. The van der Waals surface area contributed by atoms with Crippen LogP contribution in [0.1, 0.15) is 13.8 Å². The molecule has 0 fully saturated rings. The Morgan fingerprint density at radius 2 is 2.30 bits per heavy atom. The molecule has 0 amide bonds. The van der Waals surface area contributed by atoms with Crippen LogP contribution in [0, 0.1) is 0 Å². The van der Waals surface area contributed by atoms with Crippen LogP contribution in [0.15, 0.2) is 0 Å². The smallest absolute Gasteiger partial charge is 0.102 e. The van der Waals surface area contributed by atoms with E-state index in [9.17, 15) is 0 Å². The summed E-state index contributed by atoms with van der Waals surface area (Å²) in [5.74, 6) is 5.47. The van der Waals surface area contributed by atoms with Gasteiger partial charge in [-0.05, 0) is 6.92 Å². The van der Waals surface area contributed by atoms with Crippen LogP contribution in [-0.4, -0.2) is 36.0 Å². The van der Waals surface area contributed by atoms with Gasteiger partial charge in [0, 0.05) is 19.6 Å². The number of nitrogens with zero attached hydrogens (tertiary/aromatic N) is 1. The second kappa shape index (κ2) is 5.61. The minimum Gasteiger partial charge on any atom is -0.379 e. The van der Waals surface area contributed by atoms with Gasteiger partial charge >= 0.3 is 0 Å². The predicted octanol–water partition coefficient (Wildman–Crippen LogP) is -0.890. The molecule has 1 unspecified atom stereocenters. The van der Waals surface area contributed by atoms with Gasteiger partial charge in [0.2, 0.25) is 0 Å². The summed E-state index contributed by atoms with van der Waals surface area (Å²) in [7, 11) is 0. The fraction of sp³-hybridized carbons (Fsp3) is 1.00. The molecule has 0 saturated heterocycles. The summed E-state index contributed by atoms with van der Waals surface area (Å²) in [6.45, 7) is 6.00. The summed E-state index contributed by atoms with van der Waals surface area (Å²) < 4.78 is 0. The third kappa shape index (κ3) is 5.97. The molecule has 4 nitrogen and oxygen atoms in total. The van der Waals surface area contributed by atoms with Crippen LogP contribution in [0.4, 0.5) is 0 Å². The summed E-state index contributed by atoms with van der Waals surface area (Å²) in [6, 6.07) is 0. The lowest BCUT2D eigenvalue weighted by Crippen LogP contribution is -2.39. The number of hydrazine groups is 1. The zero-order valence-electron chi connectivity index (χ0n) is 6.67. The maximum atomic E-state index is 8.77. The van der Waals surface area contributed by atoms with Crippen LogP contribution in [-0.2, 0) is 0 Å². The maximum Gasteiger partial charge on any atom is 0.102 e. The third-order valence-electron chi connectivity index (χ3n) is 1.24. The van der Waals surface area contributed by atoms with Crippen molar-refractivity contribution in [2.45, 2.75) is 20.1 Å². The molecule has 0 aromatic rings. The van der Waals surface area contributed by atoms with Gasteiger partial charge in [-0.2, -0.15) is 0 Å². The number of hydrogen-bond donors (Lipinski definition) is 3. The Hall–Kier alpha value is -0.160. The summed E-state index contributed by atoms with van der Waals surface area (Å²) in [5.41, 5.74) is 0. The monoisotopic (exact) mass is 147 g/mol. The van der Waals surface area contributed by atoms with Crippen molar-refractivity contribution in [1.29, 1.82) is 0 Å². The Balaban J connectivity index is 3.03. The van der Waals surface area contributed by atoms with E-state index in [-0.39, 0.29) is 0 Å². The lowest BCUT2D eigenvalue weighted by molar-refractivity contribution is 0.149. The minimum atomic E-state index is -0.440. The highest BCUT2D eigenvalue weighted by molar-refractivity contribution is 4.50. The summed E-state index contributed by atoms with van der Waals surface area (Å²) in [4.78, 5) is 0. The molecule has 4 heteroatoms. The van der Waals surface area contributed by atoms with Crippen LogP contribution in [0.2, 0.25) is 0 Å². The van der Waals surface area contributed by atoms with E-state index in [0.29, 0.717) is 0 Å². The first-order chi connectivity index (χ1) is 4.66. The fourth-order valence-corrected chi connectivity index (χ4v) is 0.575. The highest BCUT2D eigenvalue weighted by Crippen LogP contribution is 1.75. The predicted molar refractivity (Wildman–Crippen MR) is 41.1 cm³/mol. The van der Waals surface area contributed by atoms with Crippen molar-refractivity contribution >= 4 is 0 Å². The number of nitrogens with two attached hydrogens (primary N) is 1. The lowest BCUT2D eigenvalue weighted by atomic mass is 10.5. The van der Waals surface area contributed by atoms with Crippen molar-refractivity contribution in [3.05, 3.63) is 0 Å². The molecule has 0 saturated carbocycles. The van der Waals surface area contributed by atoms with Gasteiger partial charge in [0.25, 0.3) is 0 Å². The Kier molecular flexibility index (Phi) is 5.52. The minimum absolute atomic E-state index is 0.440. The van der Waals surface area contributed by atoms with Crippen LogP contribution in [0.3, 0.4) is 0 Å². The Labute approximate surface area is 62.0 Å². The van der Waals surface area contributed by atoms with Gasteiger partial charge in [-0.25, -0.2) is 5.01 Å². The molecule has 62 valence electrons. The van der Waals surface area contributed by atoms with Gasteiger partial charge in [0.05, 0.1) is 0 Å². The first kappa shape index (κ1) is 9.84. The SMILES string of the molecule is CCN(N)CCNC(C)O. The van der Waals surface area contributed by atoms with E-state index in [2.05, 4.69) is 5.32 Å². The Morgan fingerprint density at radius 3 is 2.70 bits per heavy atom. The van der Waals surface area contributed by atoms with Gasteiger partial charge in [-0.15, -0.1) is 0 Å². The van der Waals surface area contributed by atoms with E-state index < -0.39 is 6.23 Å². The first-order valence-corrected chi connectivity index (χ1v) is 3.58. The highest BCUT2D eigenvalue weighted by atomic mass is 16.3. The lowest BCUT2D eigenvalue weighted by Gasteiger charge is -2.14. The summed E-state index contributed by atoms with van der Waals surface area (Å²) in [5, 5.41) is 13.3. The Morgan fingerprint density at radius 1 is 1.70 bits per heavy atom. The van der Waals surface area contributed by atoms with Gasteiger partial charge in [0.15, 0.2) is 0 Å². The molecular formula is C6H17N3O. The van der Waals surface area contributed by atoms with Gasteiger partial charge in [-0.1, -0.05) is 6.92 Å². The van der Waals surface area contributed by atoms with Crippen molar-refractivity contribution < 1.29 is 5.11 Å². The fourth-order valence-electron chi connectivity index (χ4n) is 0.575. The molecule has 0 radical (unpaired) electrons. The zero-order valence-corrected chi connectivity index (χ0v) is 6.67. The number of nitrogens with one attached hydrogen (secondary N) is 1. The standard InChI is InChI=1S/C6H17N3O/c1-3-9(7)5-4-8-6(2)10/h6,8,10H,3-5,7H2,1-2H3. The molecule has 0 aliphatic rings. The Bertz CT molecular complexity index is 77.4. The normalized spacial score (nSPS) is 14.1. The average molecular weight is 147 g/mol. The quantitative estimate of drug-likeness (QED) is 0.268. The van der Waals surface area contributed by atoms with Gasteiger partial charge < -0.3 is 5.11 Å². The molecule has 0 bridgehead atoms. The van der Waals surface area contributed by atoms with E-state index >= 15 is 0 Å². The molecule has 0 spiro atoms. The van der Waals surface area contributed by atoms with Crippen LogP contribution in [0.5, 0.6) is 0 Å². The van der Waals surface area contributed by atoms with Crippen LogP contribution >= 0.6 is 0 Å². The molecule has 10 heavy (non-hydrogen) atoms. The number of aliphatic hydroxyl groups excluding tert-OH is 1. The number of rotatable bonds is 5. The van der Waals surface area contributed by atoms with Crippen molar-refractivity contribution in [2.24, 2.45) is 5.84 Å². The third-order valence-corrected chi connectivity index (χ3v) is 1.24. The van der Waals surface area contributed by atoms with Crippen molar-refractivity contribution in [1.82, 2.24) is 10.3 Å². The van der Waals surface area contributed by atoms with E-state index in [0.717, 1.165) is 19.6 Å². The number of hydrogen-bond acceptors (Lipinski definition) is 4. The van der Waals surface area contributed by atoms with Crippen molar-refractivity contribution in [3.8, 4) is 0 Å². The van der Waals surface area contributed by atoms with Gasteiger partial charge in [0.1, 0.15) is 6.23 Å². The van der Waals surface area contributed by atoms with Crippen molar-refractivity contribution in [2.75, 3.05) is 19.6 Å². The molecule has 0 rings (SSSR count). The van der Waals surface area contributed by atoms with Crippen molar-refractivity contribution in [3.63, 3.8) is 0 Å². The molecule has 4 N–H and O–H groups in total. The van der Waals surface area contributed by atoms with E-state index in [4.69, 9.17) is 10.9 Å². The largest absolute Gasteiger partial charge is 0.379 e. The molecule has 0 aliphatic carbocycles. The zero-order chi connectivity index (χ0) is 7.98. The maximum absolute atomic E-state index is 8.77. The molecule has 1 atom stereocenters. The topological polar surface area (TPSA) is 61.5 Å². The molecule has 0 aromatic heterocycles. The second-order valence-electron chi connectivity index (χ2n) is 2.26. The highest BCUT2D eigenvalue weighted by Gasteiger charge is 1.95. The molecule has 0 heterocycles. The summed E-state index contributed by atoms with van der Waals surface area (Å²) >= 11 is 0. The number of aliphatic hydroxyl groups is 1. The molecule has 0 aliphatic heterocycles. The molecule has 0 aromatic carbocycles. The second-order valence-corrected chi connectivity index (χ2v) is 2.26. The van der Waals surface area contributed by atoms with Gasteiger partial charge in [-0.3, -0.25) is 11.2 Å². The summed E-state index contributed by atoms with van der Waals surface area (Å²) in [6.07, 6.45) is -0.440. The van der Waals surface area contributed by atoms with Crippen LogP contribution < -0.4 is 11.2 Å². The number of likely N-dealkylation sites (N-methyl/N-ethyl adjacent to an activating group) is 1. The van der Waals surface area contributed by atoms with E-state index in [1.165, 1.54) is 0 Å². The average Bonchev–Trinajstić information content (AvgIpc) is 1.87. The molecular weight excluding hydrogens is 130 g/mol. The van der Waals surface area contributed by atoms with E-state index in [1.807, 2.05) is 6.92 Å².